The van der Waals surface area contributed by atoms with Crippen LogP contribution in [0.5, 0.6) is 5.75 Å². The highest BCUT2D eigenvalue weighted by molar-refractivity contribution is 6.02. The lowest BCUT2D eigenvalue weighted by Gasteiger charge is -2.49. The van der Waals surface area contributed by atoms with Gasteiger partial charge in [-0.15, -0.1) is 0 Å². The Kier molecular flexibility index (Phi) is 5.45. The Hall–Kier alpha value is -2.49. The van der Waals surface area contributed by atoms with Crippen molar-refractivity contribution >= 4 is 11.6 Å². The summed E-state index contributed by atoms with van der Waals surface area (Å²) in [7, 11) is 0. The first-order valence-corrected chi connectivity index (χ1v) is 9.88. The van der Waals surface area contributed by atoms with Crippen LogP contribution in [0.4, 0.5) is 5.69 Å². The zero-order valence-corrected chi connectivity index (χ0v) is 17.0. The Morgan fingerprint density at radius 1 is 1.07 bits per heavy atom. The van der Waals surface area contributed by atoms with Crippen molar-refractivity contribution in [3.63, 3.8) is 0 Å². The van der Waals surface area contributed by atoms with Gasteiger partial charge in [0.2, 0.25) is 0 Å². The molecule has 4 heteroatoms. The first-order chi connectivity index (χ1) is 12.9. The van der Waals surface area contributed by atoms with E-state index >= 15 is 0 Å². The van der Waals surface area contributed by atoms with Crippen molar-refractivity contribution in [2.75, 3.05) is 5.32 Å². The number of hydrogen-bond donors (Lipinski definition) is 1. The summed E-state index contributed by atoms with van der Waals surface area (Å²) < 4.78 is 6.03. The molecule has 4 nitrogen and oxygen atoms in total. The number of nitrogens with zero attached hydrogens (tertiary/aromatic N) is 1. The van der Waals surface area contributed by atoms with Crippen LogP contribution < -0.4 is 10.1 Å². The molecule has 0 aliphatic carbocycles. The van der Waals surface area contributed by atoms with Crippen LogP contribution in [0.25, 0.3) is 0 Å². The van der Waals surface area contributed by atoms with Crippen LogP contribution in [0.15, 0.2) is 48.5 Å². The minimum atomic E-state index is -0.643. The molecule has 1 amide bonds. The molecule has 2 aromatic rings. The molecule has 1 N–H and O–H groups in total. The van der Waals surface area contributed by atoms with Gasteiger partial charge in [-0.05, 0) is 57.9 Å². The number of carbonyl (C=O) groups excluding carboxylic acids is 1. The maximum absolute atomic E-state index is 13.4. The van der Waals surface area contributed by atoms with Gasteiger partial charge in [0.1, 0.15) is 11.4 Å². The van der Waals surface area contributed by atoms with E-state index in [0.29, 0.717) is 0 Å². The molecule has 27 heavy (non-hydrogen) atoms. The number of amides is 1. The van der Waals surface area contributed by atoms with Crippen LogP contribution >= 0.6 is 0 Å². The molecular formula is C23H30N2O2. The second kappa shape index (κ2) is 7.63. The summed E-state index contributed by atoms with van der Waals surface area (Å²) in [6.07, 6.45) is 1.99. The highest BCUT2D eigenvalue weighted by Gasteiger charge is 2.44. The van der Waals surface area contributed by atoms with Crippen molar-refractivity contribution in [1.29, 1.82) is 0 Å². The molecule has 0 aromatic heterocycles. The predicted octanol–water partition coefficient (Wildman–Crippen LogP) is 5.40. The van der Waals surface area contributed by atoms with Gasteiger partial charge in [0, 0.05) is 17.3 Å². The number of anilines is 1. The SMILES string of the molecule is CCC(C)Oc1cccc(C2(C)Nc3ccccc3C(=O)N2C(C)CC)c1. The number of nitrogens with one attached hydrogen (secondary N) is 1. The van der Waals surface area contributed by atoms with Crippen LogP contribution in [-0.2, 0) is 5.66 Å². The molecule has 0 bridgehead atoms. The lowest BCUT2D eigenvalue weighted by molar-refractivity contribution is 0.0398. The molecule has 1 aliphatic heterocycles. The summed E-state index contributed by atoms with van der Waals surface area (Å²) >= 11 is 0. The van der Waals surface area contributed by atoms with Gasteiger partial charge in [0.25, 0.3) is 5.91 Å². The van der Waals surface area contributed by atoms with Gasteiger partial charge in [-0.25, -0.2) is 0 Å². The van der Waals surface area contributed by atoms with E-state index < -0.39 is 5.66 Å². The largest absolute Gasteiger partial charge is 0.491 e. The minimum absolute atomic E-state index is 0.0643. The number of ether oxygens (including phenoxy) is 1. The summed E-state index contributed by atoms with van der Waals surface area (Å²) in [4.78, 5) is 15.3. The number of hydrogen-bond acceptors (Lipinski definition) is 3. The number of fused-ring (bicyclic) bond motifs is 1. The van der Waals surface area contributed by atoms with Crippen molar-refractivity contribution < 1.29 is 9.53 Å². The Labute approximate surface area is 162 Å². The summed E-state index contributed by atoms with van der Waals surface area (Å²) in [5.41, 5.74) is 1.97. The summed E-state index contributed by atoms with van der Waals surface area (Å²) in [6.45, 7) is 10.5. The lowest BCUT2D eigenvalue weighted by Crippen LogP contribution is -2.58. The van der Waals surface area contributed by atoms with Crippen molar-refractivity contribution in [3.8, 4) is 5.75 Å². The van der Waals surface area contributed by atoms with Gasteiger partial charge >= 0.3 is 0 Å². The maximum Gasteiger partial charge on any atom is 0.258 e. The van der Waals surface area contributed by atoms with E-state index in [1.165, 1.54) is 0 Å². The fourth-order valence-corrected chi connectivity index (χ4v) is 3.66. The van der Waals surface area contributed by atoms with Crippen LogP contribution in [0.2, 0.25) is 0 Å². The van der Waals surface area contributed by atoms with Crippen LogP contribution in [0, 0.1) is 0 Å². The molecular weight excluding hydrogens is 336 g/mol. The monoisotopic (exact) mass is 366 g/mol. The van der Waals surface area contributed by atoms with Gasteiger partial charge in [0.15, 0.2) is 0 Å². The van der Waals surface area contributed by atoms with E-state index in [0.717, 1.165) is 35.4 Å². The maximum atomic E-state index is 13.4. The Morgan fingerprint density at radius 3 is 2.52 bits per heavy atom. The van der Waals surface area contributed by atoms with Crippen molar-refractivity contribution in [2.45, 2.75) is 65.3 Å². The number of benzene rings is 2. The van der Waals surface area contributed by atoms with Gasteiger partial charge < -0.3 is 15.0 Å². The van der Waals surface area contributed by atoms with Gasteiger partial charge in [-0.3, -0.25) is 4.79 Å². The van der Waals surface area contributed by atoms with E-state index in [4.69, 9.17) is 4.74 Å². The summed E-state index contributed by atoms with van der Waals surface area (Å²) in [6, 6.07) is 15.9. The highest BCUT2D eigenvalue weighted by atomic mass is 16.5. The Morgan fingerprint density at radius 2 is 1.81 bits per heavy atom. The molecule has 3 rings (SSSR count). The molecule has 0 spiro atoms. The van der Waals surface area contributed by atoms with E-state index in [1.807, 2.05) is 41.3 Å². The second-order valence-electron chi connectivity index (χ2n) is 7.54. The van der Waals surface area contributed by atoms with Crippen LogP contribution in [-0.4, -0.2) is 23.0 Å². The van der Waals surface area contributed by atoms with E-state index in [2.05, 4.69) is 52.1 Å². The fourth-order valence-electron chi connectivity index (χ4n) is 3.66. The lowest BCUT2D eigenvalue weighted by atomic mass is 9.91. The average Bonchev–Trinajstić information content (AvgIpc) is 2.68. The smallest absolute Gasteiger partial charge is 0.258 e. The quantitative estimate of drug-likeness (QED) is 0.744. The number of rotatable bonds is 6. The van der Waals surface area contributed by atoms with Crippen LogP contribution in [0.3, 0.4) is 0 Å². The topological polar surface area (TPSA) is 41.6 Å². The predicted molar refractivity (Wildman–Crippen MR) is 110 cm³/mol. The molecule has 1 heterocycles. The molecule has 0 saturated carbocycles. The molecule has 0 radical (unpaired) electrons. The van der Waals surface area contributed by atoms with Gasteiger partial charge in [-0.1, -0.05) is 38.1 Å². The van der Waals surface area contributed by atoms with Crippen molar-refractivity contribution in [1.82, 2.24) is 4.90 Å². The summed E-state index contributed by atoms with van der Waals surface area (Å²) in [5.74, 6) is 0.898. The summed E-state index contributed by atoms with van der Waals surface area (Å²) in [5, 5.41) is 3.63. The van der Waals surface area contributed by atoms with E-state index in [-0.39, 0.29) is 18.1 Å². The van der Waals surface area contributed by atoms with Crippen molar-refractivity contribution in [3.05, 3.63) is 59.7 Å². The third kappa shape index (κ3) is 3.53. The third-order valence-electron chi connectivity index (χ3n) is 5.58. The number of para-hydroxylation sites is 1. The Balaban J connectivity index is 2.08. The molecule has 0 saturated heterocycles. The molecule has 144 valence electrons. The second-order valence-corrected chi connectivity index (χ2v) is 7.54. The molecule has 3 atom stereocenters. The highest BCUT2D eigenvalue weighted by Crippen LogP contribution is 2.40. The fraction of sp³-hybridized carbons (Fsp3) is 0.435. The molecule has 3 unspecified atom stereocenters. The average molecular weight is 367 g/mol. The zero-order valence-electron chi connectivity index (χ0n) is 17.0. The first kappa shape index (κ1) is 19.3. The minimum Gasteiger partial charge on any atom is -0.491 e. The van der Waals surface area contributed by atoms with Crippen LogP contribution in [0.1, 0.15) is 63.4 Å². The van der Waals surface area contributed by atoms with Gasteiger partial charge in [0.05, 0.1) is 11.7 Å². The van der Waals surface area contributed by atoms with E-state index in [9.17, 15) is 4.79 Å². The van der Waals surface area contributed by atoms with Crippen molar-refractivity contribution in [2.24, 2.45) is 0 Å². The zero-order chi connectivity index (χ0) is 19.6. The standard InChI is InChI=1S/C23H30N2O2/c1-6-16(3)25-22(26)20-13-8-9-14-21(20)24-23(25,5)18-11-10-12-19(15-18)27-17(4)7-2/h8-17,24H,6-7H2,1-5H3. The normalized spacial score (nSPS) is 21.2. The number of carbonyl (C=O) groups is 1. The van der Waals surface area contributed by atoms with Gasteiger partial charge in [-0.2, -0.15) is 0 Å². The van der Waals surface area contributed by atoms with E-state index in [1.54, 1.807) is 0 Å². The molecule has 0 fully saturated rings. The first-order valence-electron chi connectivity index (χ1n) is 9.88. The Bertz CT molecular complexity index is 820. The molecule has 1 aliphatic rings. The molecule has 2 aromatic carbocycles. The third-order valence-corrected chi connectivity index (χ3v) is 5.58.